The molecule has 0 spiro atoms. The van der Waals surface area contributed by atoms with Crippen molar-refractivity contribution in [3.8, 4) is 0 Å². The van der Waals surface area contributed by atoms with Gasteiger partial charge in [-0.2, -0.15) is 24.4 Å². The predicted molar refractivity (Wildman–Crippen MR) is 111 cm³/mol. The van der Waals surface area contributed by atoms with Crippen LogP contribution in [0.4, 0.5) is 0 Å². The molecule has 0 aliphatic heterocycles. The van der Waals surface area contributed by atoms with Gasteiger partial charge in [-0.25, -0.2) is 4.79 Å². The Morgan fingerprint density at radius 1 is 0.966 bits per heavy atom. The fourth-order valence-electron chi connectivity index (χ4n) is 2.05. The third-order valence-electron chi connectivity index (χ3n) is 3.80. The summed E-state index contributed by atoms with van der Waals surface area (Å²) < 4.78 is 0. The van der Waals surface area contributed by atoms with Gasteiger partial charge in [-0.15, -0.1) is 0 Å². The number of hydrogen-bond donors (Lipinski definition) is 7. The zero-order valence-corrected chi connectivity index (χ0v) is 17.9. The summed E-state index contributed by atoms with van der Waals surface area (Å²) in [6.07, 6.45) is 1.55. The van der Waals surface area contributed by atoms with Gasteiger partial charge >= 0.3 is 11.9 Å². The molecule has 0 bridgehead atoms. The van der Waals surface area contributed by atoms with Gasteiger partial charge in [0.15, 0.2) is 0 Å². The average molecular weight is 453 g/mol. The molecule has 11 nitrogen and oxygen atoms in total. The normalized spacial score (nSPS) is 14.8. The molecule has 0 aliphatic rings. The quantitative estimate of drug-likeness (QED) is 0.153. The van der Waals surface area contributed by atoms with Gasteiger partial charge in [0.2, 0.25) is 17.7 Å². The number of hydrogen-bond acceptors (Lipinski definition) is 8. The maximum atomic E-state index is 12.2. The van der Waals surface area contributed by atoms with Crippen LogP contribution in [0.15, 0.2) is 0 Å². The second-order valence-electron chi connectivity index (χ2n) is 6.19. The zero-order chi connectivity index (χ0) is 22.6. The minimum atomic E-state index is -1.43. The molecular weight excluding hydrogens is 424 g/mol. The van der Waals surface area contributed by atoms with Crippen molar-refractivity contribution in [2.75, 3.05) is 17.8 Å². The molecule has 0 saturated carbocycles. The molecule has 4 unspecified atom stereocenters. The second-order valence-corrected chi connectivity index (χ2v) is 7.54. The van der Waals surface area contributed by atoms with Gasteiger partial charge in [0, 0.05) is 12.2 Å². The van der Waals surface area contributed by atoms with Crippen LogP contribution in [0.3, 0.4) is 0 Å². The largest absolute Gasteiger partial charge is 0.481 e. The Bertz CT molecular complexity index is 606. The van der Waals surface area contributed by atoms with Crippen LogP contribution < -0.4 is 21.7 Å². The summed E-state index contributed by atoms with van der Waals surface area (Å²) >= 11 is 5.50. The van der Waals surface area contributed by atoms with E-state index >= 15 is 0 Å². The van der Waals surface area contributed by atoms with Gasteiger partial charge in [0.25, 0.3) is 0 Å². The number of carbonyl (C=O) groups excluding carboxylic acids is 3. The summed E-state index contributed by atoms with van der Waals surface area (Å²) in [5.41, 5.74) is 5.73. The first-order valence-electron chi connectivity index (χ1n) is 8.74. The summed E-state index contributed by atoms with van der Waals surface area (Å²) in [7, 11) is 0. The van der Waals surface area contributed by atoms with E-state index in [1.165, 1.54) is 18.7 Å². The van der Waals surface area contributed by atoms with Crippen LogP contribution in [0.25, 0.3) is 0 Å². The highest BCUT2D eigenvalue weighted by Gasteiger charge is 2.28. The molecule has 0 aromatic rings. The lowest BCUT2D eigenvalue weighted by Gasteiger charge is -2.22. The third kappa shape index (κ3) is 10.9. The Morgan fingerprint density at radius 3 is 2.03 bits per heavy atom. The first kappa shape index (κ1) is 27.0. The zero-order valence-electron chi connectivity index (χ0n) is 16.2. The van der Waals surface area contributed by atoms with Gasteiger partial charge in [0.05, 0.1) is 6.04 Å². The summed E-state index contributed by atoms with van der Waals surface area (Å²) in [6, 6.07) is -4.36. The smallest absolute Gasteiger partial charge is 0.326 e. The van der Waals surface area contributed by atoms with Crippen molar-refractivity contribution in [2.24, 2.45) is 5.73 Å². The lowest BCUT2D eigenvalue weighted by molar-refractivity contribution is -0.143. The maximum absolute atomic E-state index is 12.2. The van der Waals surface area contributed by atoms with Gasteiger partial charge < -0.3 is 31.9 Å². The molecule has 7 N–H and O–H groups in total. The minimum absolute atomic E-state index is 0.142. The van der Waals surface area contributed by atoms with Gasteiger partial charge in [-0.05, 0) is 31.8 Å². The van der Waals surface area contributed by atoms with Crippen molar-refractivity contribution >= 4 is 54.1 Å². The van der Waals surface area contributed by atoms with E-state index < -0.39 is 60.2 Å². The number of carbonyl (C=O) groups is 5. The predicted octanol–water partition coefficient (Wildman–Crippen LogP) is -1.58. The van der Waals surface area contributed by atoms with E-state index in [1.54, 1.807) is 0 Å². The van der Waals surface area contributed by atoms with Crippen LogP contribution in [-0.4, -0.2) is 81.8 Å². The molecule has 29 heavy (non-hydrogen) atoms. The van der Waals surface area contributed by atoms with Crippen LogP contribution >= 0.6 is 24.4 Å². The van der Waals surface area contributed by atoms with E-state index in [0.717, 1.165) is 0 Å². The van der Waals surface area contributed by atoms with Gasteiger partial charge in [-0.3, -0.25) is 19.2 Å². The molecule has 166 valence electrons. The van der Waals surface area contributed by atoms with Crippen LogP contribution in [0, 0.1) is 0 Å². The van der Waals surface area contributed by atoms with E-state index in [9.17, 15) is 24.0 Å². The van der Waals surface area contributed by atoms with Crippen LogP contribution in [0.5, 0.6) is 0 Å². The number of amides is 3. The van der Waals surface area contributed by atoms with Crippen molar-refractivity contribution in [3.63, 3.8) is 0 Å². The maximum Gasteiger partial charge on any atom is 0.326 e. The molecule has 0 fully saturated rings. The van der Waals surface area contributed by atoms with Crippen molar-refractivity contribution in [1.82, 2.24) is 16.0 Å². The van der Waals surface area contributed by atoms with Crippen molar-refractivity contribution in [1.29, 1.82) is 0 Å². The van der Waals surface area contributed by atoms with E-state index in [-0.39, 0.29) is 12.2 Å². The number of nitrogens with two attached hydrogens (primary N) is 1. The summed E-state index contributed by atoms with van der Waals surface area (Å²) in [4.78, 5) is 58.2. The fraction of sp³-hybridized carbons (Fsp3) is 0.688. The third-order valence-corrected chi connectivity index (χ3v) is 4.81. The summed E-state index contributed by atoms with van der Waals surface area (Å²) in [6.45, 7) is 1.41. The van der Waals surface area contributed by atoms with Gasteiger partial charge in [-0.1, -0.05) is 0 Å². The Morgan fingerprint density at radius 2 is 1.55 bits per heavy atom. The first-order valence-corrected chi connectivity index (χ1v) is 10.8. The van der Waals surface area contributed by atoms with Crippen LogP contribution in [0.2, 0.25) is 0 Å². The number of aliphatic carboxylic acids is 2. The highest BCUT2D eigenvalue weighted by molar-refractivity contribution is 7.98. The number of rotatable bonds is 14. The van der Waals surface area contributed by atoms with Crippen molar-refractivity contribution in [2.45, 2.75) is 50.4 Å². The van der Waals surface area contributed by atoms with E-state index in [0.29, 0.717) is 12.2 Å². The fourth-order valence-corrected chi connectivity index (χ4v) is 2.80. The number of carboxylic acid groups (broad SMARTS) is 2. The first-order chi connectivity index (χ1) is 13.5. The number of carboxylic acids is 2. The SMILES string of the molecule is CSCCC(N)C(=O)NC(C)C(=O)NC(CS)C(=O)NC(CCC(=O)O)C(=O)O. The standard InChI is InChI=1S/C16H28N4O7S2/c1-8(18-14(24)9(17)5-6-29-2)13(23)20-11(7-28)15(25)19-10(16(26)27)3-4-12(21)22/h8-11,28H,3-7,17H2,1-2H3,(H,18,24)(H,19,25)(H,20,23)(H,21,22)(H,26,27). The van der Waals surface area contributed by atoms with E-state index in [2.05, 4.69) is 28.6 Å². The van der Waals surface area contributed by atoms with Gasteiger partial charge in [0.1, 0.15) is 18.1 Å². The van der Waals surface area contributed by atoms with Crippen LogP contribution in [-0.2, 0) is 24.0 Å². The Balaban J connectivity index is 4.78. The number of thioether (sulfide) groups is 1. The highest BCUT2D eigenvalue weighted by atomic mass is 32.2. The minimum Gasteiger partial charge on any atom is -0.481 e. The lowest BCUT2D eigenvalue weighted by Crippen LogP contribution is -2.57. The van der Waals surface area contributed by atoms with Crippen molar-refractivity contribution in [3.05, 3.63) is 0 Å². The lowest BCUT2D eigenvalue weighted by atomic mass is 10.1. The topological polar surface area (TPSA) is 188 Å². The monoisotopic (exact) mass is 452 g/mol. The summed E-state index contributed by atoms with van der Waals surface area (Å²) in [5, 5.41) is 24.7. The molecule has 3 amide bonds. The molecular formula is C16H28N4O7S2. The molecule has 0 saturated heterocycles. The van der Waals surface area contributed by atoms with E-state index in [1.807, 2.05) is 6.26 Å². The molecule has 0 aliphatic carbocycles. The molecule has 0 rings (SSSR count). The highest BCUT2D eigenvalue weighted by Crippen LogP contribution is 2.01. The Hall–Kier alpha value is -1.99. The molecule has 0 aromatic heterocycles. The molecule has 0 radical (unpaired) electrons. The number of nitrogens with one attached hydrogen (secondary N) is 3. The molecule has 0 aromatic carbocycles. The van der Waals surface area contributed by atoms with Crippen LogP contribution in [0.1, 0.15) is 26.2 Å². The summed E-state index contributed by atoms with van der Waals surface area (Å²) in [5.74, 6) is -4.08. The second kappa shape index (κ2) is 14.1. The number of thiol groups is 1. The van der Waals surface area contributed by atoms with E-state index in [4.69, 9.17) is 15.9 Å². The molecule has 0 heterocycles. The Kier molecular flexibility index (Phi) is 13.1. The average Bonchev–Trinajstić information content (AvgIpc) is 2.66. The molecule has 4 atom stereocenters. The Labute approximate surface area is 178 Å². The molecule has 13 heteroatoms. The van der Waals surface area contributed by atoms with Crippen molar-refractivity contribution < 1.29 is 34.2 Å².